The van der Waals surface area contributed by atoms with E-state index in [2.05, 4.69) is 50.8 Å². The van der Waals surface area contributed by atoms with Crippen LogP contribution in [-0.4, -0.2) is 55.1 Å². The minimum atomic E-state index is -0.185. The first-order valence-electron chi connectivity index (χ1n) is 11.5. The van der Waals surface area contributed by atoms with Crippen molar-refractivity contribution in [2.45, 2.75) is 13.2 Å². The lowest BCUT2D eigenvalue weighted by molar-refractivity contribution is 0.128. The number of hydrogen-bond acceptors (Lipinski definition) is 4. The summed E-state index contributed by atoms with van der Waals surface area (Å²) in [5, 5.41) is 5.84. The van der Waals surface area contributed by atoms with Crippen LogP contribution in [0.3, 0.4) is 0 Å². The predicted octanol–water partition coefficient (Wildman–Crippen LogP) is 4.20. The summed E-state index contributed by atoms with van der Waals surface area (Å²) >= 11 is 0. The summed E-state index contributed by atoms with van der Waals surface area (Å²) in [6, 6.07) is 27.9. The summed E-state index contributed by atoms with van der Waals surface area (Å²) in [7, 11) is 0. The van der Waals surface area contributed by atoms with Crippen molar-refractivity contribution < 1.29 is 9.53 Å². The number of nitrogens with one attached hydrogen (secondary N) is 2. The van der Waals surface area contributed by atoms with E-state index in [-0.39, 0.29) is 6.03 Å². The van der Waals surface area contributed by atoms with Crippen molar-refractivity contribution in [1.29, 1.82) is 0 Å². The lowest BCUT2D eigenvalue weighted by atomic mass is 10.2. The van der Waals surface area contributed by atoms with Crippen molar-refractivity contribution in [3.8, 4) is 5.75 Å². The number of nitrogens with zero attached hydrogens (tertiary/aromatic N) is 2. The third kappa shape index (κ3) is 7.63. The van der Waals surface area contributed by atoms with E-state index in [4.69, 9.17) is 4.74 Å². The van der Waals surface area contributed by atoms with Crippen molar-refractivity contribution in [2.24, 2.45) is 0 Å². The fourth-order valence-corrected chi connectivity index (χ4v) is 3.89. The van der Waals surface area contributed by atoms with E-state index in [1.807, 2.05) is 54.6 Å². The summed E-state index contributed by atoms with van der Waals surface area (Å²) in [6.45, 7) is 7.18. The number of piperazine rings is 1. The van der Waals surface area contributed by atoms with Crippen molar-refractivity contribution in [3.05, 3.63) is 96.1 Å². The van der Waals surface area contributed by atoms with Crippen LogP contribution in [0.25, 0.3) is 0 Å². The second-order valence-electron chi connectivity index (χ2n) is 8.28. The Kier molecular flexibility index (Phi) is 8.33. The number of urea groups is 1. The molecule has 172 valence electrons. The number of rotatable bonds is 9. The zero-order valence-corrected chi connectivity index (χ0v) is 19.0. The van der Waals surface area contributed by atoms with Gasteiger partial charge in [-0.15, -0.1) is 0 Å². The first-order chi connectivity index (χ1) is 16.2. The van der Waals surface area contributed by atoms with Crippen LogP contribution in [-0.2, 0) is 13.2 Å². The van der Waals surface area contributed by atoms with E-state index in [0.717, 1.165) is 56.3 Å². The molecule has 0 unspecified atom stereocenters. The molecule has 6 nitrogen and oxygen atoms in total. The zero-order chi connectivity index (χ0) is 22.7. The minimum Gasteiger partial charge on any atom is -0.489 e. The third-order valence-corrected chi connectivity index (χ3v) is 5.79. The number of hydrogen-bond donors (Lipinski definition) is 2. The quantitative estimate of drug-likeness (QED) is 0.519. The average molecular weight is 445 g/mol. The van der Waals surface area contributed by atoms with Gasteiger partial charge in [0.1, 0.15) is 12.4 Å². The van der Waals surface area contributed by atoms with E-state index in [1.54, 1.807) is 0 Å². The summed E-state index contributed by atoms with van der Waals surface area (Å²) in [6.07, 6.45) is 0. The molecule has 0 atom stereocenters. The molecule has 2 N–H and O–H groups in total. The van der Waals surface area contributed by atoms with Crippen LogP contribution in [0.4, 0.5) is 10.5 Å². The molecule has 0 radical (unpaired) electrons. The molecule has 2 amide bonds. The normalized spacial score (nSPS) is 14.5. The minimum absolute atomic E-state index is 0.185. The lowest BCUT2D eigenvalue weighted by Crippen LogP contribution is -2.48. The van der Waals surface area contributed by atoms with E-state index >= 15 is 0 Å². The van der Waals surface area contributed by atoms with Crippen LogP contribution in [0, 0.1) is 0 Å². The number of carbonyl (C=O) groups is 1. The first-order valence-corrected chi connectivity index (χ1v) is 11.5. The summed E-state index contributed by atoms with van der Waals surface area (Å²) in [5.74, 6) is 0.774. The largest absolute Gasteiger partial charge is 0.489 e. The van der Waals surface area contributed by atoms with Gasteiger partial charge in [0, 0.05) is 51.5 Å². The molecule has 0 aliphatic carbocycles. The molecule has 1 saturated heterocycles. The lowest BCUT2D eigenvalue weighted by Gasteiger charge is -2.34. The van der Waals surface area contributed by atoms with Crippen LogP contribution in [0.5, 0.6) is 5.75 Å². The molecule has 1 heterocycles. The Bertz CT molecular complexity index is 972. The molecule has 0 bridgehead atoms. The van der Waals surface area contributed by atoms with Crippen molar-refractivity contribution in [2.75, 3.05) is 44.6 Å². The smallest absolute Gasteiger partial charge is 0.319 e. The van der Waals surface area contributed by atoms with Gasteiger partial charge in [-0.25, -0.2) is 4.79 Å². The highest BCUT2D eigenvalue weighted by Crippen LogP contribution is 2.17. The molecular weight excluding hydrogens is 412 g/mol. The fourth-order valence-electron chi connectivity index (χ4n) is 3.89. The van der Waals surface area contributed by atoms with Crippen LogP contribution < -0.4 is 15.4 Å². The molecule has 3 aromatic carbocycles. The molecule has 3 aromatic rings. The van der Waals surface area contributed by atoms with Gasteiger partial charge in [-0.2, -0.15) is 0 Å². The Balaban J connectivity index is 1.10. The molecule has 0 saturated carbocycles. The van der Waals surface area contributed by atoms with E-state index in [1.165, 1.54) is 5.56 Å². The van der Waals surface area contributed by atoms with E-state index < -0.39 is 0 Å². The van der Waals surface area contributed by atoms with Crippen molar-refractivity contribution in [3.63, 3.8) is 0 Å². The highest BCUT2D eigenvalue weighted by Gasteiger charge is 2.16. The summed E-state index contributed by atoms with van der Waals surface area (Å²) < 4.78 is 5.79. The van der Waals surface area contributed by atoms with E-state index in [0.29, 0.717) is 13.2 Å². The van der Waals surface area contributed by atoms with Crippen LogP contribution in [0.2, 0.25) is 0 Å². The Morgan fingerprint density at radius 1 is 0.758 bits per heavy atom. The monoisotopic (exact) mass is 444 g/mol. The Morgan fingerprint density at radius 3 is 2.03 bits per heavy atom. The van der Waals surface area contributed by atoms with Gasteiger partial charge in [0.25, 0.3) is 0 Å². The van der Waals surface area contributed by atoms with Gasteiger partial charge in [0.15, 0.2) is 0 Å². The number of anilines is 1. The maximum Gasteiger partial charge on any atom is 0.319 e. The maximum atomic E-state index is 12.2. The molecule has 0 aromatic heterocycles. The van der Waals surface area contributed by atoms with Gasteiger partial charge in [-0.3, -0.25) is 9.80 Å². The van der Waals surface area contributed by atoms with Crippen LogP contribution >= 0.6 is 0 Å². The van der Waals surface area contributed by atoms with Crippen LogP contribution in [0.1, 0.15) is 11.1 Å². The van der Waals surface area contributed by atoms with E-state index in [9.17, 15) is 4.79 Å². The van der Waals surface area contributed by atoms with Gasteiger partial charge in [0.05, 0.1) is 0 Å². The standard InChI is InChI=1S/C27H32N4O2/c32-27(29-25-11-13-26(14-12-25)33-22-24-9-5-2-6-10-24)28-15-16-30-17-19-31(20-18-30)21-23-7-3-1-4-8-23/h1-14H,15-22H2,(H2,28,29,32). The highest BCUT2D eigenvalue weighted by atomic mass is 16.5. The van der Waals surface area contributed by atoms with Gasteiger partial charge >= 0.3 is 6.03 Å². The molecule has 1 aliphatic rings. The number of ether oxygens (including phenoxy) is 1. The maximum absolute atomic E-state index is 12.2. The van der Waals surface area contributed by atoms with Gasteiger partial charge < -0.3 is 15.4 Å². The molecule has 6 heteroatoms. The molecule has 33 heavy (non-hydrogen) atoms. The number of benzene rings is 3. The molecule has 1 aliphatic heterocycles. The van der Waals surface area contributed by atoms with Gasteiger partial charge in [0.2, 0.25) is 0 Å². The molecule has 0 spiro atoms. The topological polar surface area (TPSA) is 56.8 Å². The van der Waals surface area contributed by atoms with Crippen LogP contribution in [0.15, 0.2) is 84.9 Å². The number of carbonyl (C=O) groups excluding carboxylic acids is 1. The fraction of sp³-hybridized carbons (Fsp3) is 0.296. The Hall–Kier alpha value is -3.35. The highest BCUT2D eigenvalue weighted by molar-refractivity contribution is 5.89. The first kappa shape index (κ1) is 22.8. The van der Waals surface area contributed by atoms with Crippen molar-refractivity contribution in [1.82, 2.24) is 15.1 Å². The third-order valence-electron chi connectivity index (χ3n) is 5.79. The predicted molar refractivity (Wildman–Crippen MR) is 132 cm³/mol. The Morgan fingerprint density at radius 2 is 1.36 bits per heavy atom. The summed E-state index contributed by atoms with van der Waals surface area (Å²) in [5.41, 5.74) is 3.23. The second kappa shape index (κ2) is 12.0. The summed E-state index contributed by atoms with van der Waals surface area (Å²) in [4.78, 5) is 17.1. The van der Waals surface area contributed by atoms with Gasteiger partial charge in [-0.1, -0.05) is 60.7 Å². The second-order valence-corrected chi connectivity index (χ2v) is 8.28. The molecular formula is C27H32N4O2. The SMILES string of the molecule is O=C(NCCN1CCN(Cc2ccccc2)CC1)Nc1ccc(OCc2ccccc2)cc1. The zero-order valence-electron chi connectivity index (χ0n) is 19.0. The average Bonchev–Trinajstić information content (AvgIpc) is 2.86. The molecule has 1 fully saturated rings. The van der Waals surface area contributed by atoms with Crippen molar-refractivity contribution >= 4 is 11.7 Å². The number of amides is 2. The van der Waals surface area contributed by atoms with Gasteiger partial charge in [-0.05, 0) is 35.4 Å². The Labute approximate surface area is 196 Å². The molecule has 4 rings (SSSR count).